The highest BCUT2D eigenvalue weighted by Gasteiger charge is 2.34. The number of hydrazine groups is 1. The van der Waals surface area contributed by atoms with Crippen LogP contribution in [0, 0.1) is 10.1 Å². The molecular formula is C43H57N9O12. The van der Waals surface area contributed by atoms with Gasteiger partial charge >= 0.3 is 5.97 Å². The van der Waals surface area contributed by atoms with Crippen molar-refractivity contribution in [3.05, 3.63) is 112 Å². The van der Waals surface area contributed by atoms with Crippen LogP contribution in [0.15, 0.2) is 84.9 Å². The maximum Gasteiger partial charge on any atom is 0.326 e. The molecule has 0 aliphatic carbocycles. The number of aliphatic hydroxyl groups excluding tert-OH is 1. The fraction of sp³-hybridized carbons (Fsp3) is 0.419. The van der Waals surface area contributed by atoms with Crippen LogP contribution in [0.25, 0.3) is 0 Å². The fourth-order valence-electron chi connectivity index (χ4n) is 6.33. The van der Waals surface area contributed by atoms with Crippen LogP contribution in [0.2, 0.25) is 0 Å². The molecular weight excluding hydrogens is 835 g/mol. The summed E-state index contributed by atoms with van der Waals surface area (Å²) in [7, 11) is 0. The Hall–Kier alpha value is -7.13. The van der Waals surface area contributed by atoms with Gasteiger partial charge in [0.2, 0.25) is 35.4 Å². The summed E-state index contributed by atoms with van der Waals surface area (Å²) in [6, 6.07) is 13.1. The number of hydrogen-bond donors (Lipinski definition) is 11. The zero-order valence-corrected chi connectivity index (χ0v) is 35.7. The highest BCUT2D eigenvalue weighted by molar-refractivity contribution is 5.97. The average Bonchev–Trinajstić information content (AvgIpc) is 3.25. The Morgan fingerprint density at radius 2 is 1.00 bits per heavy atom. The number of aromatic hydroxyl groups is 1. The molecule has 0 spiro atoms. The van der Waals surface area contributed by atoms with Crippen molar-refractivity contribution in [1.29, 1.82) is 0 Å². The molecule has 8 atom stereocenters. The van der Waals surface area contributed by atoms with Crippen LogP contribution in [0.1, 0.15) is 56.7 Å². The van der Waals surface area contributed by atoms with Crippen molar-refractivity contribution in [2.24, 2.45) is 5.73 Å². The van der Waals surface area contributed by atoms with Gasteiger partial charge in [-0.05, 0) is 75.4 Å². The molecule has 0 saturated carbocycles. The quantitative estimate of drug-likeness (QED) is 0.0265. The summed E-state index contributed by atoms with van der Waals surface area (Å²) < 4.78 is 0. The van der Waals surface area contributed by atoms with Gasteiger partial charge in [0, 0.05) is 19.3 Å². The lowest BCUT2D eigenvalue weighted by molar-refractivity contribution is -0.548. The minimum Gasteiger partial charge on any atom is -0.508 e. The van der Waals surface area contributed by atoms with Gasteiger partial charge in [-0.1, -0.05) is 72.8 Å². The van der Waals surface area contributed by atoms with Crippen molar-refractivity contribution >= 4 is 41.4 Å². The van der Waals surface area contributed by atoms with Crippen LogP contribution in [0.5, 0.6) is 5.75 Å². The molecule has 3 aromatic carbocycles. The van der Waals surface area contributed by atoms with Gasteiger partial charge in [0.25, 0.3) is 0 Å². The van der Waals surface area contributed by atoms with Crippen molar-refractivity contribution in [2.75, 3.05) is 6.54 Å². The van der Waals surface area contributed by atoms with Crippen molar-refractivity contribution in [1.82, 2.24) is 37.3 Å². The number of carboxylic acid groups (broad SMARTS) is 1. The summed E-state index contributed by atoms with van der Waals surface area (Å²) in [6.07, 6.45) is -0.763. The molecule has 0 bridgehead atoms. The monoisotopic (exact) mass is 891 g/mol. The molecule has 12 N–H and O–H groups in total. The van der Waals surface area contributed by atoms with E-state index in [9.17, 15) is 59.0 Å². The predicted molar refractivity (Wildman–Crippen MR) is 231 cm³/mol. The van der Waals surface area contributed by atoms with E-state index in [0.717, 1.165) is 0 Å². The second-order valence-corrected chi connectivity index (χ2v) is 15.2. The number of nitrogens with two attached hydrogens (primary N) is 1. The first-order valence-electron chi connectivity index (χ1n) is 20.6. The number of nitrogens with zero attached hydrogens (tertiary/aromatic N) is 1. The van der Waals surface area contributed by atoms with E-state index in [1.54, 1.807) is 60.7 Å². The molecule has 64 heavy (non-hydrogen) atoms. The lowest BCUT2D eigenvalue weighted by Crippen LogP contribution is -2.61. The highest BCUT2D eigenvalue weighted by atomic mass is 16.7. The van der Waals surface area contributed by atoms with Crippen molar-refractivity contribution < 1.29 is 53.9 Å². The second kappa shape index (κ2) is 25.7. The summed E-state index contributed by atoms with van der Waals surface area (Å²) in [4.78, 5) is 104. The maximum absolute atomic E-state index is 14.0. The molecule has 3 rings (SSSR count). The van der Waals surface area contributed by atoms with Crippen LogP contribution in [-0.2, 0) is 52.8 Å². The number of phenolic OH excluding ortho intramolecular Hbond substituents is 1. The maximum atomic E-state index is 14.0. The van der Waals surface area contributed by atoms with E-state index in [-0.39, 0.29) is 31.4 Å². The second-order valence-electron chi connectivity index (χ2n) is 15.2. The number of nitrogens with one attached hydrogen (secondary N) is 7. The molecule has 21 nitrogen and oxygen atoms in total. The third-order valence-electron chi connectivity index (χ3n) is 9.91. The lowest BCUT2D eigenvalue weighted by Gasteiger charge is -2.27. The number of aliphatic hydroxyl groups is 1. The average molecular weight is 892 g/mol. The number of hydrogen-bond acceptors (Lipinski definition) is 12. The molecule has 0 radical (unpaired) electrons. The molecule has 0 heterocycles. The number of aliphatic carboxylic acids is 1. The Bertz CT molecular complexity index is 2040. The molecule has 0 saturated heterocycles. The number of unbranched alkanes of at least 4 members (excludes halogenated alkanes) is 1. The minimum absolute atomic E-state index is 0.0308. The van der Waals surface area contributed by atoms with Crippen LogP contribution in [0.3, 0.4) is 0 Å². The zero-order valence-electron chi connectivity index (χ0n) is 35.7. The Kier molecular flexibility index (Phi) is 20.6. The van der Waals surface area contributed by atoms with Gasteiger partial charge in [0.15, 0.2) is 11.1 Å². The predicted octanol–water partition coefficient (Wildman–Crippen LogP) is -0.887. The number of carbonyl (C=O) groups excluding carboxylic acids is 6. The van der Waals surface area contributed by atoms with Gasteiger partial charge < -0.3 is 53.0 Å². The molecule has 6 amide bonds. The molecule has 0 unspecified atom stereocenters. The van der Waals surface area contributed by atoms with Gasteiger partial charge in [0.05, 0.1) is 6.10 Å². The highest BCUT2D eigenvalue weighted by Crippen LogP contribution is 2.13. The lowest BCUT2D eigenvalue weighted by atomic mass is 10.0. The summed E-state index contributed by atoms with van der Waals surface area (Å²) in [5, 5.41) is 54.9. The largest absolute Gasteiger partial charge is 0.508 e. The van der Waals surface area contributed by atoms with Crippen LogP contribution in [0.4, 0.5) is 0 Å². The number of carbonyl (C=O) groups is 7. The minimum atomic E-state index is -1.67. The standard InChI is InChI=1S/C43H57N9O12/c1-25(46-42(60)36(27(3)53)50-38(56)26(2)45-41(59)35(51-52(63)64)24-30-17-19-31(54)20-18-30)37(55)48-33(22-28-12-6-4-7-13-28)40(58)49-34(23-29-14-8-5-9-15-29)39(57)47-32(43(61)62)16-10-11-21-44/h4-9,12-15,17-20,25-27,32-36,51,53-54H,10-11,16,21-24,44H2,1-3H3,(H,45,59)(H,46,60)(H,47,57)(H,48,55)(H,49,58)(H,50,56)(H,61,62)/t25-,26-,27+,32-,33-,34-,35-,36-/m0/s1. The fourth-order valence-corrected chi connectivity index (χ4v) is 6.33. The normalized spacial score (nSPS) is 14.6. The summed E-state index contributed by atoms with van der Waals surface area (Å²) >= 11 is 0. The Morgan fingerprint density at radius 3 is 1.47 bits per heavy atom. The van der Waals surface area contributed by atoms with Crippen molar-refractivity contribution in [3.63, 3.8) is 0 Å². The molecule has 21 heteroatoms. The summed E-state index contributed by atoms with van der Waals surface area (Å²) in [5.74, 6) is -6.69. The van der Waals surface area contributed by atoms with E-state index >= 15 is 0 Å². The molecule has 346 valence electrons. The van der Waals surface area contributed by atoms with Crippen molar-refractivity contribution in [2.45, 2.75) is 108 Å². The molecule has 0 aliphatic rings. The number of phenols is 1. The van der Waals surface area contributed by atoms with Gasteiger partial charge in [-0.25, -0.2) is 14.9 Å². The van der Waals surface area contributed by atoms with E-state index in [0.29, 0.717) is 36.1 Å². The van der Waals surface area contributed by atoms with E-state index in [1.807, 2.05) is 5.43 Å². The van der Waals surface area contributed by atoms with E-state index in [1.165, 1.54) is 45.0 Å². The number of benzene rings is 3. The number of nitro groups is 1. The first kappa shape index (κ1) is 51.2. The van der Waals surface area contributed by atoms with Gasteiger partial charge in [0.1, 0.15) is 42.0 Å². The topological polar surface area (TPSA) is 334 Å². The first-order chi connectivity index (χ1) is 30.4. The van der Waals surface area contributed by atoms with Crippen LogP contribution >= 0.6 is 0 Å². The van der Waals surface area contributed by atoms with Gasteiger partial charge in [-0.2, -0.15) is 0 Å². The molecule has 0 aliphatic heterocycles. The summed E-state index contributed by atoms with van der Waals surface area (Å²) in [5.41, 5.74) is 9.16. The SMILES string of the molecule is C[C@H](NC(=O)[C@H](Cc1ccc(O)cc1)N[N+](=O)[O-])C(=O)N[C@H](C(=O)N[C@@H](C)C(=O)N[C@@H](Cc1ccccc1)C(=O)N[C@@H](Cc1ccccc1)C(=O)N[C@@H](CCCCN)C(=O)O)[C@@H](C)O. The van der Waals surface area contributed by atoms with E-state index < -0.39 is 94.8 Å². The summed E-state index contributed by atoms with van der Waals surface area (Å²) in [6.45, 7) is 4.05. The zero-order chi connectivity index (χ0) is 47.3. The van der Waals surface area contributed by atoms with Gasteiger partial charge in [-0.3, -0.25) is 28.8 Å². The smallest absolute Gasteiger partial charge is 0.326 e. The van der Waals surface area contributed by atoms with Crippen molar-refractivity contribution in [3.8, 4) is 5.75 Å². The Morgan fingerprint density at radius 1 is 0.578 bits per heavy atom. The third kappa shape index (κ3) is 17.3. The number of rotatable bonds is 26. The molecule has 3 aromatic rings. The van der Waals surface area contributed by atoms with Crippen LogP contribution < -0.4 is 43.1 Å². The number of carboxylic acids is 1. The van der Waals surface area contributed by atoms with Gasteiger partial charge in [-0.15, -0.1) is 5.43 Å². The van der Waals surface area contributed by atoms with E-state index in [4.69, 9.17) is 5.73 Å². The first-order valence-corrected chi connectivity index (χ1v) is 20.6. The van der Waals surface area contributed by atoms with E-state index in [2.05, 4.69) is 31.9 Å². The van der Waals surface area contributed by atoms with Crippen LogP contribution in [-0.4, -0.2) is 117 Å². The number of amides is 6. The molecule has 0 aromatic heterocycles. The Labute approximate surface area is 369 Å². The third-order valence-corrected chi connectivity index (χ3v) is 9.91. The molecule has 0 fully saturated rings. The Balaban J connectivity index is 1.74.